The SMILES string of the molecule is CC(CCCCl)NCc1c(F)ccc(Br)c1F. The van der Waals surface area contributed by atoms with Gasteiger partial charge < -0.3 is 5.32 Å². The van der Waals surface area contributed by atoms with E-state index >= 15 is 0 Å². The molecule has 0 amide bonds. The van der Waals surface area contributed by atoms with Crippen molar-refractivity contribution in [2.24, 2.45) is 0 Å². The second-order valence-corrected chi connectivity index (χ2v) is 5.17. The molecule has 0 fully saturated rings. The van der Waals surface area contributed by atoms with E-state index in [4.69, 9.17) is 11.6 Å². The van der Waals surface area contributed by atoms with Gasteiger partial charge in [0.1, 0.15) is 11.6 Å². The summed E-state index contributed by atoms with van der Waals surface area (Å²) < 4.78 is 27.3. The maximum atomic E-state index is 13.6. The molecule has 1 atom stereocenters. The minimum Gasteiger partial charge on any atom is -0.310 e. The molecule has 17 heavy (non-hydrogen) atoms. The summed E-state index contributed by atoms with van der Waals surface area (Å²) in [6.07, 6.45) is 1.78. The lowest BCUT2D eigenvalue weighted by atomic mass is 10.1. The third kappa shape index (κ3) is 4.53. The van der Waals surface area contributed by atoms with Crippen LogP contribution >= 0.6 is 27.5 Å². The first kappa shape index (κ1) is 14.9. The summed E-state index contributed by atoms with van der Waals surface area (Å²) in [5.74, 6) is -0.462. The average molecular weight is 327 g/mol. The predicted octanol–water partition coefficient (Wildman–Crippen LogP) is 4.22. The first-order valence-electron chi connectivity index (χ1n) is 5.48. The summed E-state index contributed by atoms with van der Waals surface area (Å²) in [6.45, 7) is 2.15. The van der Waals surface area contributed by atoms with Gasteiger partial charge in [0.25, 0.3) is 0 Å². The maximum Gasteiger partial charge on any atom is 0.144 e. The van der Waals surface area contributed by atoms with E-state index in [0.29, 0.717) is 5.88 Å². The predicted molar refractivity (Wildman–Crippen MR) is 70.3 cm³/mol. The molecule has 0 bridgehead atoms. The Morgan fingerprint density at radius 2 is 2.12 bits per heavy atom. The van der Waals surface area contributed by atoms with Crippen LogP contribution in [0.1, 0.15) is 25.3 Å². The van der Waals surface area contributed by atoms with Crippen LogP contribution in [0.4, 0.5) is 8.78 Å². The van der Waals surface area contributed by atoms with Crippen molar-refractivity contribution in [1.29, 1.82) is 0 Å². The Bertz CT molecular complexity index is 374. The van der Waals surface area contributed by atoms with E-state index in [1.807, 2.05) is 6.92 Å². The smallest absolute Gasteiger partial charge is 0.144 e. The first-order chi connectivity index (χ1) is 8.06. The Hall–Kier alpha value is -0.190. The van der Waals surface area contributed by atoms with Gasteiger partial charge in [0.05, 0.1) is 4.47 Å². The molecule has 5 heteroatoms. The van der Waals surface area contributed by atoms with Crippen molar-refractivity contribution >= 4 is 27.5 Å². The Morgan fingerprint density at radius 1 is 1.41 bits per heavy atom. The fraction of sp³-hybridized carbons (Fsp3) is 0.500. The lowest BCUT2D eigenvalue weighted by molar-refractivity contribution is 0.478. The zero-order chi connectivity index (χ0) is 12.8. The number of hydrogen-bond acceptors (Lipinski definition) is 1. The standard InChI is InChI=1S/C12H15BrClF2N/c1-8(3-2-6-14)17-7-9-11(15)5-4-10(13)12(9)16/h4-5,8,17H,2-3,6-7H2,1H3. The van der Waals surface area contributed by atoms with Gasteiger partial charge >= 0.3 is 0 Å². The van der Waals surface area contributed by atoms with Crippen molar-refractivity contribution in [2.45, 2.75) is 32.4 Å². The fourth-order valence-electron chi connectivity index (χ4n) is 1.49. The molecule has 0 aromatic heterocycles. The molecule has 1 aromatic carbocycles. The number of rotatable bonds is 6. The van der Waals surface area contributed by atoms with E-state index < -0.39 is 11.6 Å². The summed E-state index contributed by atoms with van der Waals surface area (Å²) in [6, 6.07) is 2.81. The Balaban J connectivity index is 2.60. The third-order valence-electron chi connectivity index (χ3n) is 2.54. The van der Waals surface area contributed by atoms with Gasteiger partial charge in [-0.25, -0.2) is 8.78 Å². The molecule has 0 spiro atoms. The van der Waals surface area contributed by atoms with Crippen LogP contribution in [0.5, 0.6) is 0 Å². The van der Waals surface area contributed by atoms with Crippen LogP contribution in [0.3, 0.4) is 0 Å². The maximum absolute atomic E-state index is 13.6. The molecule has 0 aliphatic heterocycles. The van der Waals surface area contributed by atoms with Gasteiger partial charge in [-0.3, -0.25) is 0 Å². The highest BCUT2D eigenvalue weighted by Crippen LogP contribution is 2.21. The summed E-state index contributed by atoms with van der Waals surface area (Å²) in [5, 5.41) is 3.08. The minimum absolute atomic E-state index is 0.0668. The largest absolute Gasteiger partial charge is 0.310 e. The van der Waals surface area contributed by atoms with Crippen molar-refractivity contribution < 1.29 is 8.78 Å². The molecule has 1 N–H and O–H groups in total. The van der Waals surface area contributed by atoms with Crippen molar-refractivity contribution in [3.63, 3.8) is 0 Å². The lowest BCUT2D eigenvalue weighted by Crippen LogP contribution is -2.26. The van der Waals surface area contributed by atoms with Gasteiger partial charge in [0.15, 0.2) is 0 Å². The average Bonchev–Trinajstić information content (AvgIpc) is 2.31. The van der Waals surface area contributed by atoms with E-state index in [0.717, 1.165) is 12.8 Å². The number of alkyl halides is 1. The van der Waals surface area contributed by atoms with Crippen molar-refractivity contribution in [3.05, 3.63) is 33.8 Å². The van der Waals surface area contributed by atoms with Crippen molar-refractivity contribution in [2.75, 3.05) is 5.88 Å². The van der Waals surface area contributed by atoms with Crippen molar-refractivity contribution in [3.8, 4) is 0 Å². The summed E-state index contributed by atoms with van der Waals surface area (Å²) in [5.41, 5.74) is 0.0668. The molecule has 0 saturated carbocycles. The van der Waals surface area contributed by atoms with Crippen molar-refractivity contribution in [1.82, 2.24) is 5.32 Å². The van der Waals surface area contributed by atoms with E-state index in [2.05, 4.69) is 21.2 Å². The van der Waals surface area contributed by atoms with Gasteiger partial charge in [0.2, 0.25) is 0 Å². The lowest BCUT2D eigenvalue weighted by Gasteiger charge is -2.14. The molecule has 1 unspecified atom stereocenters. The van der Waals surface area contributed by atoms with Crippen LogP contribution in [-0.4, -0.2) is 11.9 Å². The van der Waals surface area contributed by atoms with Gasteiger partial charge in [-0.15, -0.1) is 11.6 Å². The highest BCUT2D eigenvalue weighted by atomic mass is 79.9. The van der Waals surface area contributed by atoms with Crippen LogP contribution in [0.15, 0.2) is 16.6 Å². The van der Waals surface area contributed by atoms with E-state index in [9.17, 15) is 8.78 Å². The van der Waals surface area contributed by atoms with Gasteiger partial charge in [-0.2, -0.15) is 0 Å². The summed E-state index contributed by atoms with van der Waals surface area (Å²) >= 11 is 8.62. The first-order valence-corrected chi connectivity index (χ1v) is 6.80. The molecular formula is C12H15BrClF2N. The van der Waals surface area contributed by atoms with Crippen LogP contribution in [0.25, 0.3) is 0 Å². The normalized spacial score (nSPS) is 12.8. The zero-order valence-electron chi connectivity index (χ0n) is 9.57. The quantitative estimate of drug-likeness (QED) is 0.609. The monoisotopic (exact) mass is 325 g/mol. The highest BCUT2D eigenvalue weighted by Gasteiger charge is 2.12. The Labute approximate surface area is 114 Å². The van der Waals surface area contributed by atoms with E-state index in [1.54, 1.807) is 0 Å². The summed E-state index contributed by atoms with van der Waals surface area (Å²) in [4.78, 5) is 0. The highest BCUT2D eigenvalue weighted by molar-refractivity contribution is 9.10. The molecule has 0 heterocycles. The van der Waals surface area contributed by atoms with E-state index in [1.165, 1.54) is 12.1 Å². The number of benzene rings is 1. The van der Waals surface area contributed by atoms with Crippen LogP contribution in [0.2, 0.25) is 0 Å². The fourth-order valence-corrected chi connectivity index (χ4v) is 2.02. The molecule has 96 valence electrons. The minimum atomic E-state index is -0.540. The molecule has 1 aromatic rings. The second kappa shape index (κ2) is 7.29. The van der Waals surface area contributed by atoms with Gasteiger partial charge in [-0.05, 0) is 47.8 Å². The van der Waals surface area contributed by atoms with E-state index in [-0.39, 0.29) is 22.6 Å². The molecule has 1 rings (SSSR count). The molecule has 0 aliphatic rings. The zero-order valence-corrected chi connectivity index (χ0v) is 11.9. The topological polar surface area (TPSA) is 12.0 Å². The number of nitrogens with one attached hydrogen (secondary N) is 1. The molecular weight excluding hydrogens is 311 g/mol. The van der Waals surface area contributed by atoms with Gasteiger partial charge in [-0.1, -0.05) is 0 Å². The number of halogens is 4. The Kier molecular flexibility index (Phi) is 6.38. The third-order valence-corrected chi connectivity index (χ3v) is 3.42. The Morgan fingerprint density at radius 3 is 2.76 bits per heavy atom. The summed E-state index contributed by atoms with van der Waals surface area (Å²) in [7, 11) is 0. The van der Waals surface area contributed by atoms with Crippen LogP contribution in [-0.2, 0) is 6.54 Å². The second-order valence-electron chi connectivity index (χ2n) is 3.93. The van der Waals surface area contributed by atoms with Crippen LogP contribution < -0.4 is 5.32 Å². The molecule has 1 nitrogen and oxygen atoms in total. The molecule has 0 aliphatic carbocycles. The van der Waals surface area contributed by atoms with Crippen LogP contribution in [0, 0.1) is 11.6 Å². The van der Waals surface area contributed by atoms with Gasteiger partial charge in [0, 0.05) is 24.0 Å². The number of hydrogen-bond donors (Lipinski definition) is 1. The molecule has 0 radical (unpaired) electrons. The molecule has 0 saturated heterocycles.